The first-order valence-electron chi connectivity index (χ1n) is 3.49. The van der Waals surface area contributed by atoms with Gasteiger partial charge < -0.3 is 4.85 Å². The Morgan fingerprint density at radius 1 is 1.21 bits per heavy atom. The van der Waals surface area contributed by atoms with E-state index < -0.39 is 0 Å². The van der Waals surface area contributed by atoms with Gasteiger partial charge in [-0.2, -0.15) is 10.5 Å². The smallest absolute Gasteiger partial charge is 0.237 e. The van der Waals surface area contributed by atoms with Crippen LogP contribution in [0.1, 0.15) is 11.3 Å². The Hall–Kier alpha value is -2.76. The minimum atomic E-state index is -0.0402. The largest absolute Gasteiger partial charge is 0.375 e. The van der Waals surface area contributed by atoms with E-state index in [2.05, 4.69) is 9.69 Å². The lowest BCUT2D eigenvalue weighted by molar-refractivity contribution is 0.925. The van der Waals surface area contributed by atoms with E-state index in [4.69, 9.17) is 23.7 Å². The summed E-state index contributed by atoms with van der Waals surface area (Å²) in [5.74, 6) is 0.0353. The van der Waals surface area contributed by atoms with Crippen LogP contribution in [0.3, 0.4) is 0 Å². The van der Waals surface area contributed by atoms with Gasteiger partial charge in [0.25, 0.3) is 0 Å². The second kappa shape index (κ2) is 3.31. The molecule has 0 unspecified atom stereocenters. The van der Waals surface area contributed by atoms with E-state index in [-0.39, 0.29) is 22.8 Å². The van der Waals surface area contributed by atoms with Crippen LogP contribution in [0, 0.1) is 35.8 Å². The van der Waals surface area contributed by atoms with Crippen molar-refractivity contribution in [2.24, 2.45) is 7.05 Å². The van der Waals surface area contributed by atoms with Crippen molar-refractivity contribution in [2.75, 3.05) is 0 Å². The van der Waals surface area contributed by atoms with E-state index >= 15 is 0 Å². The van der Waals surface area contributed by atoms with Gasteiger partial charge in [0, 0.05) is 0 Å². The van der Waals surface area contributed by atoms with Gasteiger partial charge in [0.05, 0.1) is 19.7 Å². The van der Waals surface area contributed by atoms with Gasteiger partial charge in [-0.05, 0) is 0 Å². The second-order valence-corrected chi connectivity index (χ2v) is 2.40. The number of hydrogen-bond acceptors (Lipinski definition) is 2. The lowest BCUT2D eigenvalue weighted by Gasteiger charge is -1.92. The number of aromatic nitrogens is 1. The molecular weight excluding hydrogens is 178 g/mol. The topological polar surface area (TPSA) is 61.2 Å². The second-order valence-electron chi connectivity index (χ2n) is 2.40. The molecule has 0 atom stereocenters. The zero-order chi connectivity index (χ0) is 10.7. The van der Waals surface area contributed by atoms with Crippen molar-refractivity contribution in [1.29, 1.82) is 10.5 Å². The first kappa shape index (κ1) is 9.33. The Labute approximate surface area is 80.7 Å². The molecule has 0 amide bonds. The van der Waals surface area contributed by atoms with Crippen LogP contribution in [0.15, 0.2) is 0 Å². The van der Waals surface area contributed by atoms with Gasteiger partial charge in [-0.3, -0.25) is 4.57 Å². The van der Waals surface area contributed by atoms with Crippen molar-refractivity contribution >= 4 is 11.5 Å². The number of nitrogens with zero attached hydrogens (tertiary/aromatic N) is 5. The highest BCUT2D eigenvalue weighted by atomic mass is 15.1. The Balaban J connectivity index is 3.80. The summed E-state index contributed by atoms with van der Waals surface area (Å²) < 4.78 is 1.26. The normalized spacial score (nSPS) is 8.07. The standard InChI is InChI=1S/C9H3N5/c1-12-8-6(4-10)7(5-11)14(3)9(8)13-2/h3H3. The Morgan fingerprint density at radius 3 is 2.21 bits per heavy atom. The van der Waals surface area contributed by atoms with E-state index in [1.165, 1.54) is 11.6 Å². The Kier molecular flexibility index (Phi) is 2.21. The monoisotopic (exact) mass is 181 g/mol. The molecule has 0 N–H and O–H groups in total. The van der Waals surface area contributed by atoms with E-state index in [0.717, 1.165) is 0 Å². The highest BCUT2D eigenvalue weighted by molar-refractivity contribution is 5.79. The molecule has 64 valence electrons. The fourth-order valence-electron chi connectivity index (χ4n) is 1.13. The quantitative estimate of drug-likeness (QED) is 0.573. The number of hydrogen-bond donors (Lipinski definition) is 0. The molecule has 1 aromatic rings. The van der Waals surface area contributed by atoms with Crippen molar-refractivity contribution in [3.05, 3.63) is 34.1 Å². The maximum atomic E-state index is 8.73. The molecule has 1 heterocycles. The SMILES string of the molecule is [C-]#[N+]c1c(C#N)c(C#N)n(C)c1[N+]#[C-]. The van der Waals surface area contributed by atoms with Gasteiger partial charge in [0.1, 0.15) is 11.6 Å². The maximum Gasteiger partial charge on any atom is 0.237 e. The van der Waals surface area contributed by atoms with Gasteiger partial charge >= 0.3 is 0 Å². The molecule has 0 saturated carbocycles. The third kappa shape index (κ3) is 0.985. The van der Waals surface area contributed by atoms with Crippen LogP contribution in [-0.4, -0.2) is 4.57 Å². The van der Waals surface area contributed by atoms with Crippen molar-refractivity contribution in [2.45, 2.75) is 0 Å². The van der Waals surface area contributed by atoms with Crippen molar-refractivity contribution in [3.8, 4) is 12.1 Å². The predicted molar refractivity (Wildman–Crippen MR) is 47.4 cm³/mol. The third-order valence-corrected chi connectivity index (χ3v) is 1.77. The van der Waals surface area contributed by atoms with E-state index in [1.54, 1.807) is 12.1 Å². The molecule has 0 aliphatic heterocycles. The summed E-state index contributed by atoms with van der Waals surface area (Å²) in [5.41, 5.74) is 0.00190. The van der Waals surface area contributed by atoms with Crippen LogP contribution in [0.2, 0.25) is 0 Å². The molecule has 1 rings (SSSR count). The summed E-state index contributed by atoms with van der Waals surface area (Å²) in [6.45, 7) is 13.7. The first-order chi connectivity index (χ1) is 6.71. The van der Waals surface area contributed by atoms with Gasteiger partial charge in [-0.25, -0.2) is 4.85 Å². The molecule has 0 aliphatic rings. The van der Waals surface area contributed by atoms with Gasteiger partial charge in [-0.1, -0.05) is 6.57 Å². The van der Waals surface area contributed by atoms with Crippen molar-refractivity contribution in [1.82, 2.24) is 4.57 Å². The summed E-state index contributed by atoms with van der Waals surface area (Å²) in [5, 5.41) is 17.5. The third-order valence-electron chi connectivity index (χ3n) is 1.77. The minimum Gasteiger partial charge on any atom is -0.375 e. The molecular formula is C9H3N5. The minimum absolute atomic E-state index is 0.0176. The number of rotatable bonds is 0. The van der Waals surface area contributed by atoms with Crippen LogP contribution in [0.4, 0.5) is 11.5 Å². The molecule has 5 heteroatoms. The van der Waals surface area contributed by atoms with Crippen LogP contribution in [-0.2, 0) is 7.05 Å². The first-order valence-corrected chi connectivity index (χ1v) is 3.49. The fraction of sp³-hybridized carbons (Fsp3) is 0.111. The van der Waals surface area contributed by atoms with Crippen LogP contribution in [0.5, 0.6) is 0 Å². The zero-order valence-corrected chi connectivity index (χ0v) is 7.24. The summed E-state index contributed by atoms with van der Waals surface area (Å²) in [7, 11) is 1.49. The van der Waals surface area contributed by atoms with Gasteiger partial charge in [0.2, 0.25) is 11.5 Å². The van der Waals surface area contributed by atoms with Crippen molar-refractivity contribution < 1.29 is 0 Å². The zero-order valence-electron chi connectivity index (χ0n) is 7.24. The predicted octanol–water partition coefficient (Wildman–Crippen LogP) is 1.87. The fourth-order valence-corrected chi connectivity index (χ4v) is 1.13. The maximum absolute atomic E-state index is 8.73. The van der Waals surface area contributed by atoms with Gasteiger partial charge in [0.15, 0.2) is 5.69 Å². The summed E-state index contributed by atoms with van der Waals surface area (Å²) >= 11 is 0. The van der Waals surface area contributed by atoms with E-state index in [0.29, 0.717) is 0 Å². The van der Waals surface area contributed by atoms with Gasteiger partial charge in [-0.15, -0.1) is 0 Å². The lowest BCUT2D eigenvalue weighted by Crippen LogP contribution is -1.91. The molecule has 1 aromatic heterocycles. The van der Waals surface area contributed by atoms with E-state index in [9.17, 15) is 0 Å². The molecule has 5 nitrogen and oxygen atoms in total. The average Bonchev–Trinajstić information content (AvgIpc) is 2.48. The lowest BCUT2D eigenvalue weighted by atomic mass is 10.2. The molecule has 0 saturated heterocycles. The molecule has 0 fully saturated rings. The van der Waals surface area contributed by atoms with Crippen LogP contribution >= 0.6 is 0 Å². The summed E-state index contributed by atoms with van der Waals surface area (Å²) in [4.78, 5) is 6.20. The summed E-state index contributed by atoms with van der Waals surface area (Å²) in [6.07, 6.45) is 0. The van der Waals surface area contributed by atoms with Crippen molar-refractivity contribution in [3.63, 3.8) is 0 Å². The highest BCUT2D eigenvalue weighted by Crippen LogP contribution is 2.35. The Morgan fingerprint density at radius 2 is 1.86 bits per heavy atom. The molecule has 0 bridgehead atoms. The molecule has 0 aliphatic carbocycles. The van der Waals surface area contributed by atoms with Crippen LogP contribution < -0.4 is 0 Å². The molecule has 0 radical (unpaired) electrons. The average molecular weight is 181 g/mol. The van der Waals surface area contributed by atoms with E-state index in [1.807, 2.05) is 0 Å². The number of nitriles is 2. The molecule has 0 spiro atoms. The Bertz CT molecular complexity index is 501. The highest BCUT2D eigenvalue weighted by Gasteiger charge is 2.22. The summed E-state index contributed by atoms with van der Waals surface area (Å²) in [6, 6.07) is 3.56. The molecule has 14 heavy (non-hydrogen) atoms. The molecule has 0 aromatic carbocycles. The van der Waals surface area contributed by atoms with Crippen LogP contribution in [0.25, 0.3) is 9.69 Å².